The molecule has 4 nitrogen and oxygen atoms in total. The lowest BCUT2D eigenvalue weighted by atomic mass is 10.3. The molecule has 0 atom stereocenters. The Morgan fingerprint density at radius 1 is 1.57 bits per heavy atom. The summed E-state index contributed by atoms with van der Waals surface area (Å²) in [5.41, 5.74) is 2.21. The molecule has 14 heavy (non-hydrogen) atoms. The van der Waals surface area contributed by atoms with Gasteiger partial charge in [-0.05, 0) is 6.07 Å². The predicted octanol–water partition coefficient (Wildman–Crippen LogP) is 1.39. The Morgan fingerprint density at radius 2 is 2.36 bits per heavy atom. The van der Waals surface area contributed by atoms with E-state index in [1.165, 1.54) is 0 Å². The normalized spacial score (nSPS) is 10.4. The lowest BCUT2D eigenvalue weighted by Crippen LogP contribution is -1.95. The summed E-state index contributed by atoms with van der Waals surface area (Å²) in [6.07, 6.45) is 2.47. The summed E-state index contributed by atoms with van der Waals surface area (Å²) < 4.78 is 6.96. The number of carbonyl (C=O) groups excluding carboxylic acids is 1. The zero-order valence-electron chi connectivity index (χ0n) is 8.02. The maximum Gasteiger partial charge on any atom is 0.166 e. The fourth-order valence-corrected chi connectivity index (χ4v) is 1.54. The van der Waals surface area contributed by atoms with Gasteiger partial charge in [-0.2, -0.15) is 0 Å². The molecule has 72 valence electrons. The molecule has 0 aromatic carbocycles. The van der Waals surface area contributed by atoms with Crippen LogP contribution in [0.2, 0.25) is 0 Å². The molecule has 0 aliphatic heterocycles. The zero-order valence-corrected chi connectivity index (χ0v) is 8.02. The van der Waals surface area contributed by atoms with Crippen molar-refractivity contribution in [3.63, 3.8) is 0 Å². The topological polar surface area (TPSA) is 44.1 Å². The lowest BCUT2D eigenvalue weighted by molar-refractivity contribution is 0.111. The third-order valence-electron chi connectivity index (χ3n) is 2.26. The number of pyridine rings is 1. The molecule has 0 unspecified atom stereocenters. The van der Waals surface area contributed by atoms with Gasteiger partial charge in [-0.25, -0.2) is 0 Å². The molecule has 0 N–H and O–H groups in total. The number of ether oxygens (including phenoxy) is 1. The second kappa shape index (κ2) is 3.14. The molecule has 0 spiro atoms. The van der Waals surface area contributed by atoms with E-state index in [9.17, 15) is 4.79 Å². The minimum absolute atomic E-state index is 0.594. The Bertz CT molecular complexity index is 488. The van der Waals surface area contributed by atoms with E-state index in [0.717, 1.165) is 23.1 Å². The van der Waals surface area contributed by atoms with Crippen LogP contribution in [0.25, 0.3) is 11.0 Å². The molecule has 0 amide bonds. The maximum absolute atomic E-state index is 10.7. The Hall–Kier alpha value is -1.84. The number of fused-ring (bicyclic) bond motifs is 1. The van der Waals surface area contributed by atoms with Gasteiger partial charge in [0.1, 0.15) is 11.3 Å². The van der Waals surface area contributed by atoms with Gasteiger partial charge in [0, 0.05) is 19.3 Å². The predicted molar refractivity (Wildman–Crippen MR) is 52.7 cm³/mol. The van der Waals surface area contributed by atoms with Crippen molar-refractivity contribution in [2.45, 2.75) is 0 Å². The fourth-order valence-electron chi connectivity index (χ4n) is 1.54. The van der Waals surface area contributed by atoms with Crippen LogP contribution in [0.5, 0.6) is 5.75 Å². The number of hydrogen-bond donors (Lipinski definition) is 0. The van der Waals surface area contributed by atoms with E-state index >= 15 is 0 Å². The molecule has 2 aromatic heterocycles. The first-order valence-electron chi connectivity index (χ1n) is 4.21. The van der Waals surface area contributed by atoms with Gasteiger partial charge in [0.25, 0.3) is 0 Å². The van der Waals surface area contributed by atoms with E-state index in [1.807, 2.05) is 7.05 Å². The van der Waals surface area contributed by atoms with Crippen molar-refractivity contribution in [3.05, 3.63) is 24.0 Å². The molecule has 0 radical (unpaired) electrons. The molecule has 0 aliphatic rings. The number of methoxy groups -OCH3 is 1. The van der Waals surface area contributed by atoms with E-state index in [4.69, 9.17) is 4.74 Å². The van der Waals surface area contributed by atoms with E-state index in [2.05, 4.69) is 4.98 Å². The minimum atomic E-state index is 0.594. The maximum atomic E-state index is 10.7. The molecule has 0 aliphatic carbocycles. The highest BCUT2D eigenvalue weighted by Gasteiger charge is 2.09. The molecule has 0 bridgehead atoms. The van der Waals surface area contributed by atoms with Crippen LogP contribution < -0.4 is 4.74 Å². The largest absolute Gasteiger partial charge is 0.494 e. The van der Waals surface area contributed by atoms with Crippen molar-refractivity contribution in [1.29, 1.82) is 0 Å². The first-order chi connectivity index (χ1) is 6.77. The molecule has 2 rings (SSSR count). The first kappa shape index (κ1) is 8.74. The lowest BCUT2D eigenvalue weighted by Gasteiger charge is -2.03. The number of carbonyl (C=O) groups is 1. The molecule has 4 heteroatoms. The summed E-state index contributed by atoms with van der Waals surface area (Å²) in [6.45, 7) is 0. The van der Waals surface area contributed by atoms with Gasteiger partial charge in [-0.1, -0.05) is 0 Å². The number of nitrogens with zero attached hydrogens (tertiary/aromatic N) is 2. The van der Waals surface area contributed by atoms with Crippen molar-refractivity contribution < 1.29 is 9.53 Å². The van der Waals surface area contributed by atoms with Crippen LogP contribution in [-0.4, -0.2) is 22.9 Å². The summed E-state index contributed by atoms with van der Waals surface area (Å²) >= 11 is 0. The fraction of sp³-hybridized carbons (Fsp3) is 0.200. The highest BCUT2D eigenvalue weighted by Crippen LogP contribution is 2.25. The second-order valence-corrected chi connectivity index (χ2v) is 2.99. The van der Waals surface area contributed by atoms with Gasteiger partial charge < -0.3 is 9.30 Å². The van der Waals surface area contributed by atoms with Gasteiger partial charge in [-0.15, -0.1) is 0 Å². The van der Waals surface area contributed by atoms with Crippen molar-refractivity contribution in [3.8, 4) is 5.75 Å². The highest BCUT2D eigenvalue weighted by atomic mass is 16.5. The van der Waals surface area contributed by atoms with Gasteiger partial charge in [0.15, 0.2) is 6.29 Å². The van der Waals surface area contributed by atoms with E-state index in [-0.39, 0.29) is 0 Å². The Morgan fingerprint density at radius 3 is 3.00 bits per heavy atom. The van der Waals surface area contributed by atoms with Crippen LogP contribution >= 0.6 is 0 Å². The third-order valence-corrected chi connectivity index (χ3v) is 2.26. The number of rotatable bonds is 2. The van der Waals surface area contributed by atoms with Crippen molar-refractivity contribution >= 4 is 17.3 Å². The number of aromatic nitrogens is 2. The minimum Gasteiger partial charge on any atom is -0.494 e. The van der Waals surface area contributed by atoms with Crippen LogP contribution in [0.15, 0.2) is 18.3 Å². The summed E-state index contributed by atoms with van der Waals surface area (Å²) in [5, 5.41) is 0. The van der Waals surface area contributed by atoms with E-state index < -0.39 is 0 Å². The third kappa shape index (κ3) is 1.08. The quantitative estimate of drug-likeness (QED) is 0.672. The van der Waals surface area contributed by atoms with Gasteiger partial charge in [0.2, 0.25) is 0 Å². The molecule has 2 aromatic rings. The van der Waals surface area contributed by atoms with Crippen molar-refractivity contribution in [2.24, 2.45) is 7.05 Å². The summed E-state index contributed by atoms with van der Waals surface area (Å²) in [6, 6.07) is 3.52. The molecule has 0 fully saturated rings. The summed E-state index contributed by atoms with van der Waals surface area (Å²) in [5.74, 6) is 0.727. The molecular weight excluding hydrogens is 180 g/mol. The van der Waals surface area contributed by atoms with Crippen LogP contribution in [0.4, 0.5) is 0 Å². The monoisotopic (exact) mass is 190 g/mol. The van der Waals surface area contributed by atoms with Crippen LogP contribution in [0.3, 0.4) is 0 Å². The molecule has 2 heterocycles. The summed E-state index contributed by atoms with van der Waals surface area (Å²) in [7, 11) is 3.42. The second-order valence-electron chi connectivity index (χ2n) is 2.99. The van der Waals surface area contributed by atoms with Gasteiger partial charge >= 0.3 is 0 Å². The van der Waals surface area contributed by atoms with Crippen molar-refractivity contribution in [2.75, 3.05) is 7.11 Å². The summed E-state index contributed by atoms with van der Waals surface area (Å²) in [4.78, 5) is 14.9. The number of aldehydes is 1. The Labute approximate surface area is 81.1 Å². The van der Waals surface area contributed by atoms with Crippen LogP contribution in [0.1, 0.15) is 10.5 Å². The van der Waals surface area contributed by atoms with Crippen LogP contribution in [-0.2, 0) is 7.05 Å². The van der Waals surface area contributed by atoms with E-state index in [0.29, 0.717) is 5.69 Å². The molecule has 0 saturated carbocycles. The van der Waals surface area contributed by atoms with Crippen LogP contribution in [0, 0.1) is 0 Å². The SMILES string of the molecule is COc1ccnc2cc(C=O)n(C)c12. The smallest absolute Gasteiger partial charge is 0.166 e. The molecular formula is C10H10N2O2. The van der Waals surface area contributed by atoms with Gasteiger partial charge in [0.05, 0.1) is 18.3 Å². The number of hydrogen-bond acceptors (Lipinski definition) is 3. The average molecular weight is 190 g/mol. The van der Waals surface area contributed by atoms with Gasteiger partial charge in [-0.3, -0.25) is 9.78 Å². The van der Waals surface area contributed by atoms with Crippen molar-refractivity contribution in [1.82, 2.24) is 9.55 Å². The first-order valence-corrected chi connectivity index (χ1v) is 4.21. The Balaban J connectivity index is 2.85. The molecule has 0 saturated heterocycles. The standard InChI is InChI=1S/C10H10N2O2/c1-12-7(6-13)5-8-10(12)9(14-2)3-4-11-8/h3-6H,1-2H3. The zero-order chi connectivity index (χ0) is 10.1. The number of aryl methyl sites for hydroxylation is 1. The van der Waals surface area contributed by atoms with E-state index in [1.54, 1.807) is 30.0 Å². The Kier molecular flexibility index (Phi) is 1.96. The average Bonchev–Trinajstić information content (AvgIpc) is 2.55. The highest BCUT2D eigenvalue weighted by molar-refractivity contribution is 5.89.